The van der Waals surface area contributed by atoms with Crippen LogP contribution in [0.4, 0.5) is 4.39 Å². The highest BCUT2D eigenvalue weighted by Crippen LogP contribution is 2.23. The van der Waals surface area contributed by atoms with Crippen molar-refractivity contribution in [1.29, 1.82) is 0 Å². The highest BCUT2D eigenvalue weighted by atomic mass is 35.5. The predicted octanol–water partition coefficient (Wildman–Crippen LogP) is 4.37. The summed E-state index contributed by atoms with van der Waals surface area (Å²) in [6, 6.07) is 7.91. The van der Waals surface area contributed by atoms with E-state index in [-0.39, 0.29) is 10.8 Å². The molecule has 0 fully saturated rings. The van der Waals surface area contributed by atoms with Crippen LogP contribution in [-0.2, 0) is 0 Å². The number of aromatic nitrogens is 2. The molecule has 0 saturated heterocycles. The summed E-state index contributed by atoms with van der Waals surface area (Å²) >= 11 is 5.72. The quantitative estimate of drug-likeness (QED) is 0.753. The number of hydrogen-bond donors (Lipinski definition) is 0. The molecule has 0 atom stereocenters. The standard InChI is InChI=1S/C14H14ClFN2/c1-8(2)10-4-6-11(7-5-10)14-17-9(3)12(16)13(15)18-14/h4-8H,1-3H3. The molecule has 18 heavy (non-hydrogen) atoms. The van der Waals surface area contributed by atoms with Gasteiger partial charge in [0.25, 0.3) is 0 Å². The topological polar surface area (TPSA) is 25.8 Å². The molecule has 94 valence electrons. The Balaban J connectivity index is 2.43. The molecular weight excluding hydrogens is 251 g/mol. The fourth-order valence-electron chi connectivity index (χ4n) is 1.67. The highest BCUT2D eigenvalue weighted by molar-refractivity contribution is 6.29. The van der Waals surface area contributed by atoms with Gasteiger partial charge in [-0.25, -0.2) is 14.4 Å². The average Bonchev–Trinajstić information content (AvgIpc) is 2.35. The van der Waals surface area contributed by atoms with Gasteiger partial charge < -0.3 is 0 Å². The number of hydrogen-bond acceptors (Lipinski definition) is 2. The molecule has 0 amide bonds. The maximum atomic E-state index is 13.3. The molecule has 1 aromatic heterocycles. The van der Waals surface area contributed by atoms with Gasteiger partial charge in [0.1, 0.15) is 0 Å². The second kappa shape index (κ2) is 5.02. The smallest absolute Gasteiger partial charge is 0.181 e. The monoisotopic (exact) mass is 264 g/mol. The molecule has 2 nitrogen and oxygen atoms in total. The van der Waals surface area contributed by atoms with Crippen LogP contribution in [0.3, 0.4) is 0 Å². The van der Waals surface area contributed by atoms with Crippen molar-refractivity contribution in [1.82, 2.24) is 9.97 Å². The molecule has 0 saturated carbocycles. The Morgan fingerprint density at radius 3 is 2.22 bits per heavy atom. The average molecular weight is 265 g/mol. The van der Waals surface area contributed by atoms with E-state index in [0.717, 1.165) is 5.56 Å². The van der Waals surface area contributed by atoms with Gasteiger partial charge in [0.05, 0.1) is 5.69 Å². The van der Waals surface area contributed by atoms with Gasteiger partial charge in [-0.2, -0.15) is 0 Å². The molecule has 0 aliphatic heterocycles. The normalized spacial score (nSPS) is 11.0. The molecule has 0 bridgehead atoms. The van der Waals surface area contributed by atoms with E-state index in [0.29, 0.717) is 11.7 Å². The summed E-state index contributed by atoms with van der Waals surface area (Å²) < 4.78 is 13.3. The van der Waals surface area contributed by atoms with Gasteiger partial charge in [-0.05, 0) is 18.4 Å². The largest absolute Gasteiger partial charge is 0.230 e. The first-order valence-electron chi connectivity index (χ1n) is 5.79. The lowest BCUT2D eigenvalue weighted by atomic mass is 10.0. The van der Waals surface area contributed by atoms with Crippen molar-refractivity contribution in [3.05, 3.63) is 46.5 Å². The molecule has 2 aromatic rings. The van der Waals surface area contributed by atoms with Crippen LogP contribution in [0.1, 0.15) is 31.0 Å². The van der Waals surface area contributed by atoms with Crippen LogP contribution in [-0.4, -0.2) is 9.97 Å². The number of rotatable bonds is 2. The Morgan fingerprint density at radius 1 is 1.11 bits per heavy atom. The first-order chi connectivity index (χ1) is 8.49. The van der Waals surface area contributed by atoms with E-state index in [9.17, 15) is 4.39 Å². The first-order valence-corrected chi connectivity index (χ1v) is 6.17. The number of nitrogens with zero attached hydrogens (tertiary/aromatic N) is 2. The van der Waals surface area contributed by atoms with E-state index in [1.165, 1.54) is 5.56 Å². The van der Waals surface area contributed by atoms with Crippen LogP contribution < -0.4 is 0 Å². The number of benzene rings is 1. The SMILES string of the molecule is Cc1nc(-c2ccc(C(C)C)cc2)nc(Cl)c1F. The number of halogens is 2. The molecule has 0 N–H and O–H groups in total. The minimum Gasteiger partial charge on any atom is -0.230 e. The van der Waals surface area contributed by atoms with E-state index in [4.69, 9.17) is 11.6 Å². The summed E-state index contributed by atoms with van der Waals surface area (Å²) in [5.74, 6) is 0.368. The van der Waals surface area contributed by atoms with Crippen molar-refractivity contribution >= 4 is 11.6 Å². The van der Waals surface area contributed by atoms with Crippen molar-refractivity contribution in [3.63, 3.8) is 0 Å². The van der Waals surface area contributed by atoms with Crippen LogP contribution in [0.25, 0.3) is 11.4 Å². The molecular formula is C14H14ClFN2. The third-order valence-electron chi connectivity index (χ3n) is 2.81. The van der Waals surface area contributed by atoms with Gasteiger partial charge in [0, 0.05) is 5.56 Å². The van der Waals surface area contributed by atoms with Crippen molar-refractivity contribution in [2.45, 2.75) is 26.7 Å². The summed E-state index contributed by atoms with van der Waals surface area (Å²) in [5, 5.41) is -0.134. The van der Waals surface area contributed by atoms with Crippen molar-refractivity contribution in [3.8, 4) is 11.4 Å². The van der Waals surface area contributed by atoms with Gasteiger partial charge in [-0.15, -0.1) is 0 Å². The molecule has 0 spiro atoms. The predicted molar refractivity (Wildman–Crippen MR) is 71.3 cm³/mol. The van der Waals surface area contributed by atoms with Crippen LogP contribution >= 0.6 is 11.6 Å². The van der Waals surface area contributed by atoms with Gasteiger partial charge in [0.2, 0.25) is 0 Å². The van der Waals surface area contributed by atoms with Crippen LogP contribution in [0.2, 0.25) is 5.15 Å². The van der Waals surface area contributed by atoms with E-state index in [1.54, 1.807) is 6.92 Å². The van der Waals surface area contributed by atoms with E-state index < -0.39 is 5.82 Å². The lowest BCUT2D eigenvalue weighted by Crippen LogP contribution is -1.97. The Bertz CT molecular complexity index is 542. The summed E-state index contributed by atoms with van der Waals surface area (Å²) in [6.45, 7) is 5.84. The van der Waals surface area contributed by atoms with Gasteiger partial charge in [0.15, 0.2) is 16.8 Å². The zero-order valence-electron chi connectivity index (χ0n) is 10.5. The molecule has 2 rings (SSSR count). The molecule has 0 aliphatic carbocycles. The Labute approximate surface area is 111 Å². The first kappa shape index (κ1) is 13.0. The third kappa shape index (κ3) is 2.51. The minimum absolute atomic E-state index is 0.134. The highest BCUT2D eigenvalue weighted by Gasteiger charge is 2.11. The van der Waals surface area contributed by atoms with Gasteiger partial charge >= 0.3 is 0 Å². The van der Waals surface area contributed by atoms with E-state index >= 15 is 0 Å². The summed E-state index contributed by atoms with van der Waals surface area (Å²) in [6.07, 6.45) is 0. The maximum Gasteiger partial charge on any atom is 0.181 e. The fraction of sp³-hybridized carbons (Fsp3) is 0.286. The molecule has 1 heterocycles. The molecule has 0 aliphatic rings. The lowest BCUT2D eigenvalue weighted by Gasteiger charge is -2.07. The number of aryl methyl sites for hydroxylation is 1. The zero-order valence-corrected chi connectivity index (χ0v) is 11.3. The molecule has 1 aromatic carbocycles. The summed E-state index contributed by atoms with van der Waals surface area (Å²) in [7, 11) is 0. The molecule has 0 unspecified atom stereocenters. The van der Waals surface area contributed by atoms with Crippen LogP contribution in [0, 0.1) is 12.7 Å². The van der Waals surface area contributed by atoms with Gasteiger partial charge in [-0.1, -0.05) is 49.7 Å². The van der Waals surface area contributed by atoms with Gasteiger partial charge in [-0.3, -0.25) is 0 Å². The second-order valence-corrected chi connectivity index (χ2v) is 4.87. The van der Waals surface area contributed by atoms with Crippen molar-refractivity contribution < 1.29 is 4.39 Å². The second-order valence-electron chi connectivity index (χ2n) is 4.51. The zero-order chi connectivity index (χ0) is 13.3. The van der Waals surface area contributed by atoms with Crippen molar-refractivity contribution in [2.24, 2.45) is 0 Å². The summed E-state index contributed by atoms with van der Waals surface area (Å²) in [4.78, 5) is 8.07. The van der Waals surface area contributed by atoms with Crippen LogP contribution in [0.15, 0.2) is 24.3 Å². The maximum absolute atomic E-state index is 13.3. The van der Waals surface area contributed by atoms with Crippen molar-refractivity contribution in [2.75, 3.05) is 0 Å². The Hall–Kier alpha value is -1.48. The van der Waals surface area contributed by atoms with E-state index in [2.05, 4.69) is 23.8 Å². The third-order valence-corrected chi connectivity index (χ3v) is 3.06. The lowest BCUT2D eigenvalue weighted by molar-refractivity contribution is 0.603. The minimum atomic E-state index is -0.556. The Morgan fingerprint density at radius 2 is 1.72 bits per heavy atom. The summed E-state index contributed by atoms with van der Waals surface area (Å²) in [5.41, 5.74) is 2.34. The molecule has 0 radical (unpaired) electrons. The van der Waals surface area contributed by atoms with Crippen LogP contribution in [0.5, 0.6) is 0 Å². The van der Waals surface area contributed by atoms with E-state index in [1.807, 2.05) is 24.3 Å². The molecule has 4 heteroatoms. The fourth-order valence-corrected chi connectivity index (χ4v) is 1.89. The Kier molecular flexibility index (Phi) is 3.62.